The molecule has 0 radical (unpaired) electrons. The van der Waals surface area contributed by atoms with Crippen LogP contribution in [0.2, 0.25) is 0 Å². The Hall–Kier alpha value is -1.60. The fourth-order valence-corrected chi connectivity index (χ4v) is 1.94. The third-order valence-electron chi connectivity index (χ3n) is 2.79. The Balaban J connectivity index is 3.28. The van der Waals surface area contributed by atoms with Crippen LogP contribution in [0.5, 0.6) is 5.75 Å². The molecule has 0 bridgehead atoms. The van der Waals surface area contributed by atoms with Gasteiger partial charge in [0.2, 0.25) is 6.08 Å². The number of hydrogen-bond acceptors (Lipinski definition) is 3. The van der Waals surface area contributed by atoms with E-state index in [0.717, 1.165) is 23.3 Å². The molecule has 0 N–H and O–H groups in total. The summed E-state index contributed by atoms with van der Waals surface area (Å²) in [6.45, 7) is 6.74. The van der Waals surface area contributed by atoms with Crippen molar-refractivity contribution in [2.75, 3.05) is 7.11 Å². The van der Waals surface area contributed by atoms with E-state index in [4.69, 9.17) is 4.74 Å². The molecule has 0 aliphatic carbocycles. The lowest BCUT2D eigenvalue weighted by atomic mass is 9.95. The van der Waals surface area contributed by atoms with E-state index in [0.29, 0.717) is 12.5 Å². The predicted molar refractivity (Wildman–Crippen MR) is 68.3 cm³/mol. The predicted octanol–water partition coefficient (Wildman–Crippen LogP) is 3.22. The minimum absolute atomic E-state index is 0.385. The molecular weight excluding hydrogens is 214 g/mol. The maximum atomic E-state index is 10.2. The number of carbonyl (C=O) groups excluding carboxylic acids is 1. The zero-order valence-corrected chi connectivity index (χ0v) is 10.9. The normalized spacial score (nSPS) is 10.2. The Morgan fingerprint density at radius 2 is 2.12 bits per heavy atom. The van der Waals surface area contributed by atoms with Crippen molar-refractivity contribution < 1.29 is 9.53 Å². The van der Waals surface area contributed by atoms with Crippen LogP contribution >= 0.6 is 0 Å². The molecular formula is C14H19NO2. The van der Waals surface area contributed by atoms with Crippen LogP contribution in [0.25, 0.3) is 0 Å². The van der Waals surface area contributed by atoms with Crippen molar-refractivity contribution in [1.29, 1.82) is 0 Å². The van der Waals surface area contributed by atoms with Crippen LogP contribution < -0.4 is 4.74 Å². The molecule has 92 valence electrons. The third-order valence-corrected chi connectivity index (χ3v) is 2.79. The molecule has 0 saturated heterocycles. The number of nitrogens with zero attached hydrogens (tertiary/aromatic N) is 1. The minimum Gasteiger partial charge on any atom is -0.496 e. The summed E-state index contributed by atoms with van der Waals surface area (Å²) >= 11 is 0. The number of methoxy groups -OCH3 is 1. The molecule has 0 aromatic heterocycles. The SMILES string of the molecule is CCc1cc(CN=C=O)cc(C(C)C)c1OC. The maximum absolute atomic E-state index is 10.2. The Labute approximate surface area is 103 Å². The van der Waals surface area contributed by atoms with Gasteiger partial charge >= 0.3 is 0 Å². The van der Waals surface area contributed by atoms with E-state index in [-0.39, 0.29) is 0 Å². The van der Waals surface area contributed by atoms with Gasteiger partial charge in [-0.15, -0.1) is 0 Å². The van der Waals surface area contributed by atoms with Crippen LogP contribution in [0.3, 0.4) is 0 Å². The molecule has 17 heavy (non-hydrogen) atoms. The molecule has 0 saturated carbocycles. The van der Waals surface area contributed by atoms with Crippen LogP contribution in [-0.2, 0) is 17.8 Å². The molecule has 3 heteroatoms. The van der Waals surface area contributed by atoms with Gasteiger partial charge < -0.3 is 4.74 Å². The molecule has 0 aliphatic heterocycles. The first-order valence-corrected chi connectivity index (χ1v) is 5.87. The molecule has 0 fully saturated rings. The molecule has 0 unspecified atom stereocenters. The summed E-state index contributed by atoms with van der Waals surface area (Å²) < 4.78 is 5.48. The van der Waals surface area contributed by atoms with Gasteiger partial charge in [-0.25, -0.2) is 9.79 Å². The van der Waals surface area contributed by atoms with Gasteiger partial charge in [-0.1, -0.05) is 26.8 Å². The average Bonchev–Trinajstić information content (AvgIpc) is 2.34. The van der Waals surface area contributed by atoms with Crippen LogP contribution in [0.1, 0.15) is 43.4 Å². The highest BCUT2D eigenvalue weighted by Crippen LogP contribution is 2.32. The van der Waals surface area contributed by atoms with Gasteiger partial charge in [0.05, 0.1) is 13.7 Å². The zero-order valence-electron chi connectivity index (χ0n) is 10.9. The van der Waals surface area contributed by atoms with Crippen molar-refractivity contribution in [3.8, 4) is 5.75 Å². The van der Waals surface area contributed by atoms with Gasteiger partial charge in [0.25, 0.3) is 0 Å². The van der Waals surface area contributed by atoms with Crippen molar-refractivity contribution >= 4 is 6.08 Å². The Bertz CT molecular complexity index is 432. The summed E-state index contributed by atoms with van der Waals surface area (Å²) in [5, 5.41) is 0. The van der Waals surface area contributed by atoms with Crippen molar-refractivity contribution in [2.24, 2.45) is 4.99 Å². The molecule has 3 nitrogen and oxygen atoms in total. The number of rotatable bonds is 5. The molecule has 1 aromatic carbocycles. The van der Waals surface area contributed by atoms with Gasteiger partial charge in [0.15, 0.2) is 0 Å². The number of hydrogen-bond donors (Lipinski definition) is 0. The lowest BCUT2D eigenvalue weighted by Crippen LogP contribution is -2.01. The lowest BCUT2D eigenvalue weighted by molar-refractivity contribution is 0.402. The summed E-state index contributed by atoms with van der Waals surface area (Å²) in [7, 11) is 1.70. The first-order chi connectivity index (χ1) is 8.13. The topological polar surface area (TPSA) is 38.7 Å². The van der Waals surface area contributed by atoms with E-state index >= 15 is 0 Å². The van der Waals surface area contributed by atoms with E-state index in [2.05, 4.69) is 31.8 Å². The van der Waals surface area contributed by atoms with Gasteiger partial charge in [-0.05, 0) is 35.1 Å². The average molecular weight is 233 g/mol. The Morgan fingerprint density at radius 1 is 1.41 bits per heavy atom. The number of ether oxygens (including phenoxy) is 1. The molecule has 0 amide bonds. The number of aryl methyl sites for hydroxylation is 1. The quantitative estimate of drug-likeness (QED) is 0.578. The van der Waals surface area contributed by atoms with E-state index < -0.39 is 0 Å². The van der Waals surface area contributed by atoms with E-state index in [1.165, 1.54) is 5.56 Å². The van der Waals surface area contributed by atoms with Gasteiger partial charge in [-0.3, -0.25) is 0 Å². The fraction of sp³-hybridized carbons (Fsp3) is 0.500. The third kappa shape index (κ3) is 3.18. The monoisotopic (exact) mass is 233 g/mol. The van der Waals surface area contributed by atoms with Crippen molar-refractivity contribution in [1.82, 2.24) is 0 Å². The second-order valence-electron chi connectivity index (χ2n) is 4.29. The standard InChI is InChI=1S/C14H19NO2/c1-5-12-6-11(8-15-9-16)7-13(10(2)3)14(12)17-4/h6-7,10H,5,8H2,1-4H3. The minimum atomic E-state index is 0.385. The molecule has 0 atom stereocenters. The summed E-state index contributed by atoms with van der Waals surface area (Å²) in [6.07, 6.45) is 2.48. The fourth-order valence-electron chi connectivity index (χ4n) is 1.94. The first kappa shape index (κ1) is 13.5. The maximum Gasteiger partial charge on any atom is 0.235 e. The highest BCUT2D eigenvalue weighted by Gasteiger charge is 2.13. The molecule has 0 spiro atoms. The van der Waals surface area contributed by atoms with Crippen LogP contribution in [-0.4, -0.2) is 13.2 Å². The van der Waals surface area contributed by atoms with E-state index in [9.17, 15) is 4.79 Å². The Kier molecular flexibility index (Phi) is 4.92. The van der Waals surface area contributed by atoms with Crippen molar-refractivity contribution in [3.05, 3.63) is 28.8 Å². The number of aliphatic imine (C=N–C) groups is 1. The smallest absolute Gasteiger partial charge is 0.235 e. The summed E-state index contributed by atoms with van der Waals surface area (Å²) in [4.78, 5) is 13.8. The van der Waals surface area contributed by atoms with Crippen LogP contribution in [0, 0.1) is 0 Å². The first-order valence-electron chi connectivity index (χ1n) is 5.87. The summed E-state index contributed by atoms with van der Waals surface area (Å²) in [6, 6.07) is 4.11. The van der Waals surface area contributed by atoms with Crippen molar-refractivity contribution in [3.63, 3.8) is 0 Å². The Morgan fingerprint density at radius 3 is 2.59 bits per heavy atom. The van der Waals surface area contributed by atoms with Crippen LogP contribution in [0.15, 0.2) is 17.1 Å². The molecule has 0 heterocycles. The summed E-state index contributed by atoms with van der Waals surface area (Å²) in [5.74, 6) is 1.34. The molecule has 1 rings (SSSR count). The zero-order chi connectivity index (χ0) is 12.8. The van der Waals surface area contributed by atoms with Crippen LogP contribution in [0.4, 0.5) is 0 Å². The molecule has 1 aromatic rings. The van der Waals surface area contributed by atoms with E-state index in [1.807, 2.05) is 6.07 Å². The molecule has 0 aliphatic rings. The lowest BCUT2D eigenvalue weighted by Gasteiger charge is -2.17. The van der Waals surface area contributed by atoms with Gasteiger partial charge in [0.1, 0.15) is 5.75 Å². The second-order valence-corrected chi connectivity index (χ2v) is 4.29. The second kappa shape index (κ2) is 6.21. The highest BCUT2D eigenvalue weighted by molar-refractivity contribution is 5.47. The van der Waals surface area contributed by atoms with E-state index in [1.54, 1.807) is 13.2 Å². The number of benzene rings is 1. The summed E-state index contributed by atoms with van der Waals surface area (Å²) in [5.41, 5.74) is 3.37. The number of isocyanates is 1. The highest BCUT2D eigenvalue weighted by atomic mass is 16.5. The van der Waals surface area contributed by atoms with Crippen molar-refractivity contribution in [2.45, 2.75) is 39.7 Å². The largest absolute Gasteiger partial charge is 0.496 e. The van der Waals surface area contributed by atoms with Gasteiger partial charge in [0, 0.05) is 0 Å². The van der Waals surface area contributed by atoms with Gasteiger partial charge in [-0.2, -0.15) is 0 Å².